The number of hydrogen-bond acceptors (Lipinski definition) is 3. The van der Waals surface area contributed by atoms with Crippen molar-refractivity contribution in [2.24, 2.45) is 4.99 Å². The number of rotatable bonds is 2. The summed E-state index contributed by atoms with van der Waals surface area (Å²) in [5.41, 5.74) is 2.74. The summed E-state index contributed by atoms with van der Waals surface area (Å²) in [7, 11) is 1.64. The van der Waals surface area contributed by atoms with E-state index in [2.05, 4.69) is 20.9 Å². The summed E-state index contributed by atoms with van der Waals surface area (Å²) in [4.78, 5) is 6.33. The fourth-order valence-corrected chi connectivity index (χ4v) is 2.37. The molecule has 2 aromatic carbocycles. The first kappa shape index (κ1) is 12.9. The third kappa shape index (κ3) is 2.34. The van der Waals surface area contributed by atoms with Crippen LogP contribution in [-0.2, 0) is 4.74 Å². The lowest BCUT2D eigenvalue weighted by Crippen LogP contribution is -2.10. The van der Waals surface area contributed by atoms with E-state index in [9.17, 15) is 0 Å². The summed E-state index contributed by atoms with van der Waals surface area (Å²) in [5, 5.41) is 0. The number of nitrogens with zero attached hydrogens (tertiary/aromatic N) is 1. The third-order valence-corrected chi connectivity index (χ3v) is 3.43. The van der Waals surface area contributed by atoms with E-state index in [0.29, 0.717) is 5.90 Å². The molecule has 0 saturated heterocycles. The third-order valence-electron chi connectivity index (χ3n) is 3.01. The molecule has 0 atom stereocenters. The van der Waals surface area contributed by atoms with Gasteiger partial charge in [-0.15, -0.1) is 0 Å². The second-order valence-corrected chi connectivity index (χ2v) is 4.70. The summed E-state index contributed by atoms with van der Waals surface area (Å²) in [6.07, 6.45) is 0. The minimum atomic E-state index is 0.563. The number of fused-ring (bicyclic) bond motifs is 1. The summed E-state index contributed by atoms with van der Waals surface area (Å²) in [6, 6.07) is 15.5. The van der Waals surface area contributed by atoms with Crippen LogP contribution >= 0.6 is 15.9 Å². The molecule has 0 spiro atoms. The van der Waals surface area contributed by atoms with E-state index in [-0.39, 0.29) is 0 Å². The topological polar surface area (TPSA) is 30.8 Å². The minimum Gasteiger partial charge on any atom is -0.497 e. The van der Waals surface area contributed by atoms with Gasteiger partial charge in [-0.25, -0.2) is 4.99 Å². The molecule has 2 aromatic rings. The normalized spacial score (nSPS) is 15.3. The van der Waals surface area contributed by atoms with Gasteiger partial charge in [-0.1, -0.05) is 34.1 Å². The molecule has 0 N–H and O–H groups in total. The molecule has 0 fully saturated rings. The predicted molar refractivity (Wildman–Crippen MR) is 83.6 cm³/mol. The van der Waals surface area contributed by atoms with Gasteiger partial charge in [-0.3, -0.25) is 0 Å². The summed E-state index contributed by atoms with van der Waals surface area (Å²) >= 11 is 3.34. The molecule has 0 bridgehead atoms. The first-order valence-electron chi connectivity index (χ1n) is 6.12. The van der Waals surface area contributed by atoms with Crippen molar-refractivity contribution < 1.29 is 9.47 Å². The van der Waals surface area contributed by atoms with E-state index in [4.69, 9.17) is 9.47 Å². The van der Waals surface area contributed by atoms with Crippen molar-refractivity contribution in [1.29, 1.82) is 0 Å². The zero-order valence-electron chi connectivity index (χ0n) is 10.8. The van der Waals surface area contributed by atoms with E-state index in [1.807, 2.05) is 48.5 Å². The molecule has 0 saturated carbocycles. The van der Waals surface area contributed by atoms with Gasteiger partial charge < -0.3 is 9.47 Å². The number of ether oxygens (including phenoxy) is 2. The van der Waals surface area contributed by atoms with Gasteiger partial charge in [0.15, 0.2) is 0 Å². The average Bonchev–Trinajstić information content (AvgIpc) is 2.53. The molecule has 0 radical (unpaired) electrons. The van der Waals surface area contributed by atoms with E-state index in [1.165, 1.54) is 0 Å². The van der Waals surface area contributed by atoms with E-state index >= 15 is 0 Å². The maximum Gasteiger partial charge on any atom is 0.227 e. The van der Waals surface area contributed by atoms with Crippen molar-refractivity contribution in [2.75, 3.05) is 7.11 Å². The molecule has 1 heterocycles. The predicted octanol–water partition coefficient (Wildman–Crippen LogP) is 4.50. The molecule has 0 amide bonds. The standard InChI is InChI=1S/C16H12BrNO2/c1-19-12-6-4-5-11(9-12)16-18-14-8-3-2-7-13(14)15(10-17)20-16/h2-10H,1H3/b15-10-. The number of methoxy groups -OCH3 is 1. The van der Waals surface area contributed by atoms with Gasteiger partial charge in [0.05, 0.1) is 12.8 Å². The van der Waals surface area contributed by atoms with Gasteiger partial charge in [0, 0.05) is 16.1 Å². The fraction of sp³-hybridized carbons (Fsp3) is 0.0625. The highest BCUT2D eigenvalue weighted by molar-refractivity contribution is 9.11. The highest BCUT2D eigenvalue weighted by atomic mass is 79.9. The quantitative estimate of drug-likeness (QED) is 0.812. The average molecular weight is 330 g/mol. The fourth-order valence-electron chi connectivity index (χ4n) is 2.03. The van der Waals surface area contributed by atoms with E-state index in [0.717, 1.165) is 28.3 Å². The molecule has 1 aliphatic heterocycles. The highest BCUT2D eigenvalue weighted by Crippen LogP contribution is 2.34. The Hall–Kier alpha value is -2.07. The Kier molecular flexibility index (Phi) is 3.56. The van der Waals surface area contributed by atoms with Crippen molar-refractivity contribution in [3.63, 3.8) is 0 Å². The van der Waals surface area contributed by atoms with Crippen LogP contribution in [0.15, 0.2) is 58.5 Å². The number of para-hydroxylation sites is 1. The number of benzene rings is 2. The lowest BCUT2D eigenvalue weighted by molar-refractivity contribution is 0.414. The Labute approximate surface area is 125 Å². The van der Waals surface area contributed by atoms with Crippen molar-refractivity contribution in [2.45, 2.75) is 0 Å². The van der Waals surface area contributed by atoms with Crippen molar-refractivity contribution in [1.82, 2.24) is 0 Å². The molecular weight excluding hydrogens is 318 g/mol. The van der Waals surface area contributed by atoms with Crippen LogP contribution in [0.25, 0.3) is 5.76 Å². The molecule has 100 valence electrons. The second-order valence-electron chi connectivity index (χ2n) is 4.24. The van der Waals surface area contributed by atoms with Crippen LogP contribution < -0.4 is 4.74 Å². The molecule has 3 nitrogen and oxygen atoms in total. The SMILES string of the molecule is COc1cccc(C2=Nc3ccccc3/C(=C/Br)O2)c1. The lowest BCUT2D eigenvalue weighted by Gasteiger charge is -2.19. The van der Waals surface area contributed by atoms with Gasteiger partial charge >= 0.3 is 0 Å². The van der Waals surface area contributed by atoms with Crippen LogP contribution in [0.1, 0.15) is 11.1 Å². The van der Waals surface area contributed by atoms with E-state index < -0.39 is 0 Å². The van der Waals surface area contributed by atoms with Crippen molar-refractivity contribution >= 4 is 33.3 Å². The Bertz CT molecular complexity index is 707. The Balaban J connectivity index is 2.09. The monoisotopic (exact) mass is 329 g/mol. The second kappa shape index (κ2) is 5.51. The van der Waals surface area contributed by atoms with Gasteiger partial charge in [0.25, 0.3) is 0 Å². The Morgan fingerprint density at radius 3 is 2.80 bits per heavy atom. The van der Waals surface area contributed by atoms with E-state index in [1.54, 1.807) is 12.1 Å². The maximum atomic E-state index is 5.86. The van der Waals surface area contributed by atoms with Crippen molar-refractivity contribution in [3.05, 3.63) is 64.6 Å². The van der Waals surface area contributed by atoms with Gasteiger partial charge in [-0.2, -0.15) is 0 Å². The van der Waals surface area contributed by atoms with Crippen LogP contribution in [0.2, 0.25) is 0 Å². The number of halogens is 1. The smallest absolute Gasteiger partial charge is 0.227 e. The highest BCUT2D eigenvalue weighted by Gasteiger charge is 2.19. The van der Waals surface area contributed by atoms with Gasteiger partial charge in [0.1, 0.15) is 11.5 Å². The molecule has 1 aliphatic rings. The minimum absolute atomic E-state index is 0.563. The Morgan fingerprint density at radius 2 is 2.00 bits per heavy atom. The van der Waals surface area contributed by atoms with Crippen LogP contribution in [0.4, 0.5) is 5.69 Å². The summed E-state index contributed by atoms with van der Waals surface area (Å²) in [6.45, 7) is 0. The molecule has 0 aromatic heterocycles. The molecule has 3 rings (SSSR count). The molecule has 0 aliphatic carbocycles. The zero-order valence-corrected chi connectivity index (χ0v) is 12.4. The van der Waals surface area contributed by atoms with Crippen molar-refractivity contribution in [3.8, 4) is 5.75 Å². The van der Waals surface area contributed by atoms with Crippen LogP contribution in [-0.4, -0.2) is 13.0 Å². The molecule has 4 heteroatoms. The van der Waals surface area contributed by atoms with Crippen LogP contribution in [0.3, 0.4) is 0 Å². The van der Waals surface area contributed by atoms with Gasteiger partial charge in [0.2, 0.25) is 5.90 Å². The molecule has 20 heavy (non-hydrogen) atoms. The van der Waals surface area contributed by atoms with Crippen LogP contribution in [0, 0.1) is 0 Å². The summed E-state index contributed by atoms with van der Waals surface area (Å²) < 4.78 is 11.1. The lowest BCUT2D eigenvalue weighted by atomic mass is 10.1. The number of aliphatic imine (C=N–C) groups is 1. The first-order valence-corrected chi connectivity index (χ1v) is 7.04. The molecule has 0 unspecified atom stereocenters. The largest absolute Gasteiger partial charge is 0.497 e. The Morgan fingerprint density at radius 1 is 1.15 bits per heavy atom. The van der Waals surface area contributed by atoms with Crippen LogP contribution in [0.5, 0.6) is 5.75 Å². The first-order chi connectivity index (χ1) is 9.81. The number of hydrogen-bond donors (Lipinski definition) is 0. The van der Waals surface area contributed by atoms with Gasteiger partial charge in [-0.05, 0) is 30.3 Å². The summed E-state index contributed by atoms with van der Waals surface area (Å²) in [5.74, 6) is 2.08. The molecular formula is C16H12BrNO2. The maximum absolute atomic E-state index is 5.86. The zero-order chi connectivity index (χ0) is 13.9.